The minimum absolute atomic E-state index is 0.180. The Bertz CT molecular complexity index is 1030. The standard InChI is InChI=1S/C22H18O8S4/c1-27-19(23)15-16(20(24)28-2)32-13(31-15)9-11-6-5-7-12(8-11)10-14-33-17(21(25)29-3)18(34-14)22(26)30-4/h5-10H,1-4H3. The highest BCUT2D eigenvalue weighted by Crippen LogP contribution is 2.52. The van der Waals surface area contributed by atoms with Crippen molar-refractivity contribution in [1.29, 1.82) is 0 Å². The number of carbonyl (C=O) groups excluding carboxylic acids is 4. The predicted octanol–water partition coefficient (Wildman–Crippen LogP) is 4.36. The van der Waals surface area contributed by atoms with Gasteiger partial charge in [0, 0.05) is 0 Å². The van der Waals surface area contributed by atoms with Crippen molar-refractivity contribution in [2.24, 2.45) is 0 Å². The third-order valence-electron chi connectivity index (χ3n) is 4.19. The molecule has 8 nitrogen and oxygen atoms in total. The number of thioether (sulfide) groups is 4. The van der Waals surface area contributed by atoms with E-state index in [1.165, 1.54) is 28.4 Å². The molecule has 178 valence electrons. The number of rotatable bonds is 6. The highest BCUT2D eigenvalue weighted by atomic mass is 32.2. The molecule has 3 rings (SSSR count). The van der Waals surface area contributed by atoms with Gasteiger partial charge in [0.25, 0.3) is 0 Å². The zero-order valence-electron chi connectivity index (χ0n) is 18.4. The number of benzene rings is 1. The van der Waals surface area contributed by atoms with Gasteiger partial charge in [0.15, 0.2) is 0 Å². The van der Waals surface area contributed by atoms with Crippen LogP contribution in [0.3, 0.4) is 0 Å². The second-order valence-corrected chi connectivity index (χ2v) is 11.0. The van der Waals surface area contributed by atoms with Crippen LogP contribution in [0.15, 0.2) is 52.4 Å². The molecule has 0 atom stereocenters. The Morgan fingerprint density at radius 2 is 0.882 bits per heavy atom. The molecule has 0 spiro atoms. The van der Waals surface area contributed by atoms with E-state index in [0.29, 0.717) is 8.47 Å². The van der Waals surface area contributed by atoms with Crippen molar-refractivity contribution in [3.8, 4) is 0 Å². The van der Waals surface area contributed by atoms with Crippen LogP contribution in [-0.4, -0.2) is 52.3 Å². The number of ether oxygens (including phenoxy) is 4. The molecule has 2 aliphatic heterocycles. The van der Waals surface area contributed by atoms with E-state index in [0.717, 1.165) is 58.2 Å². The first-order valence-electron chi connectivity index (χ1n) is 9.38. The van der Waals surface area contributed by atoms with Crippen LogP contribution in [0.1, 0.15) is 11.1 Å². The molecular weight excluding hydrogens is 521 g/mol. The topological polar surface area (TPSA) is 105 Å². The molecule has 0 radical (unpaired) electrons. The molecule has 0 unspecified atom stereocenters. The summed E-state index contributed by atoms with van der Waals surface area (Å²) in [6.07, 6.45) is 3.67. The van der Waals surface area contributed by atoms with Crippen LogP contribution in [0.25, 0.3) is 12.2 Å². The van der Waals surface area contributed by atoms with Crippen molar-refractivity contribution in [1.82, 2.24) is 0 Å². The van der Waals surface area contributed by atoms with Gasteiger partial charge in [-0.25, -0.2) is 19.2 Å². The Labute approximate surface area is 212 Å². The number of hydrogen-bond donors (Lipinski definition) is 0. The van der Waals surface area contributed by atoms with E-state index < -0.39 is 23.9 Å². The first kappa shape index (κ1) is 26.1. The molecule has 0 amide bonds. The molecular formula is C22H18O8S4. The molecule has 0 saturated carbocycles. The van der Waals surface area contributed by atoms with Crippen LogP contribution in [0, 0.1) is 0 Å². The highest BCUT2D eigenvalue weighted by molar-refractivity contribution is 8.30. The fourth-order valence-corrected chi connectivity index (χ4v) is 7.46. The zero-order chi connectivity index (χ0) is 24.8. The summed E-state index contributed by atoms with van der Waals surface area (Å²) in [7, 11) is 5.00. The van der Waals surface area contributed by atoms with E-state index in [1.54, 1.807) is 0 Å². The summed E-state index contributed by atoms with van der Waals surface area (Å²) < 4.78 is 20.5. The Kier molecular flexibility index (Phi) is 9.00. The summed E-state index contributed by atoms with van der Waals surface area (Å²) in [5.74, 6) is -2.42. The van der Waals surface area contributed by atoms with E-state index in [9.17, 15) is 19.2 Å². The third kappa shape index (κ3) is 5.93. The van der Waals surface area contributed by atoms with Gasteiger partial charge in [0.2, 0.25) is 0 Å². The monoisotopic (exact) mass is 538 g/mol. The minimum atomic E-state index is -0.606. The maximum atomic E-state index is 12.1. The van der Waals surface area contributed by atoms with Crippen LogP contribution < -0.4 is 0 Å². The van der Waals surface area contributed by atoms with Crippen LogP contribution in [-0.2, 0) is 38.1 Å². The summed E-state index contributed by atoms with van der Waals surface area (Å²) in [5, 5.41) is 0. The molecule has 1 aromatic carbocycles. The van der Waals surface area contributed by atoms with Crippen LogP contribution in [0.5, 0.6) is 0 Å². The number of hydrogen-bond acceptors (Lipinski definition) is 12. The maximum absolute atomic E-state index is 12.1. The average molecular weight is 539 g/mol. The largest absolute Gasteiger partial charge is 0.465 e. The van der Waals surface area contributed by atoms with Gasteiger partial charge in [-0.2, -0.15) is 0 Å². The SMILES string of the molecule is COC(=O)C1=C(C(=O)OC)SC(=Cc2cccc(C=C3SC(C(=O)OC)=C(C(=O)OC)S3)c2)S1. The van der Waals surface area contributed by atoms with E-state index >= 15 is 0 Å². The Morgan fingerprint density at radius 1 is 0.588 bits per heavy atom. The lowest BCUT2D eigenvalue weighted by Gasteiger charge is -2.02. The molecule has 0 bridgehead atoms. The normalized spacial score (nSPS) is 15.3. The number of esters is 4. The quantitative estimate of drug-likeness (QED) is 0.380. The summed E-state index contributed by atoms with van der Waals surface area (Å²) >= 11 is 4.54. The zero-order valence-corrected chi connectivity index (χ0v) is 21.6. The molecule has 2 heterocycles. The van der Waals surface area contributed by atoms with E-state index in [2.05, 4.69) is 0 Å². The Morgan fingerprint density at radius 3 is 1.15 bits per heavy atom. The van der Waals surface area contributed by atoms with Crippen molar-refractivity contribution in [2.45, 2.75) is 0 Å². The van der Waals surface area contributed by atoms with E-state index in [4.69, 9.17) is 18.9 Å². The van der Waals surface area contributed by atoms with E-state index in [1.807, 2.05) is 36.4 Å². The predicted molar refractivity (Wildman–Crippen MR) is 135 cm³/mol. The molecule has 12 heteroatoms. The first-order valence-corrected chi connectivity index (χ1v) is 12.6. The van der Waals surface area contributed by atoms with Crippen molar-refractivity contribution in [2.75, 3.05) is 28.4 Å². The molecule has 34 heavy (non-hydrogen) atoms. The fraction of sp³-hybridized carbons (Fsp3) is 0.182. The highest BCUT2D eigenvalue weighted by Gasteiger charge is 2.33. The van der Waals surface area contributed by atoms with Gasteiger partial charge < -0.3 is 18.9 Å². The third-order valence-corrected chi connectivity index (χ3v) is 9.02. The van der Waals surface area contributed by atoms with Gasteiger partial charge in [0.1, 0.15) is 19.6 Å². The lowest BCUT2D eigenvalue weighted by molar-refractivity contribution is -0.138. The van der Waals surface area contributed by atoms with Crippen molar-refractivity contribution in [3.05, 3.63) is 63.5 Å². The van der Waals surface area contributed by atoms with Gasteiger partial charge in [-0.1, -0.05) is 65.2 Å². The molecule has 0 aromatic heterocycles. The van der Waals surface area contributed by atoms with Crippen molar-refractivity contribution in [3.63, 3.8) is 0 Å². The first-order chi connectivity index (χ1) is 16.3. The van der Waals surface area contributed by atoms with Gasteiger partial charge in [-0.3, -0.25) is 0 Å². The molecule has 2 aliphatic rings. The maximum Gasteiger partial charge on any atom is 0.346 e. The summed E-state index contributed by atoms with van der Waals surface area (Å²) in [6.45, 7) is 0. The smallest absolute Gasteiger partial charge is 0.346 e. The Balaban J connectivity index is 1.83. The molecule has 0 saturated heterocycles. The minimum Gasteiger partial charge on any atom is -0.465 e. The summed E-state index contributed by atoms with van der Waals surface area (Å²) in [5.41, 5.74) is 1.64. The summed E-state index contributed by atoms with van der Waals surface area (Å²) in [6, 6.07) is 7.48. The van der Waals surface area contributed by atoms with Crippen LogP contribution >= 0.6 is 47.0 Å². The molecule has 0 N–H and O–H groups in total. The molecule has 0 fully saturated rings. The number of carbonyl (C=O) groups is 4. The van der Waals surface area contributed by atoms with Gasteiger partial charge in [-0.05, 0) is 29.3 Å². The lowest BCUT2D eigenvalue weighted by atomic mass is 10.1. The van der Waals surface area contributed by atoms with Gasteiger partial charge >= 0.3 is 23.9 Å². The van der Waals surface area contributed by atoms with Gasteiger partial charge in [0.05, 0.1) is 36.9 Å². The molecule has 0 aliphatic carbocycles. The second-order valence-electron chi connectivity index (χ2n) is 6.29. The van der Waals surface area contributed by atoms with Crippen molar-refractivity contribution >= 4 is 83.1 Å². The number of methoxy groups -OCH3 is 4. The second kappa shape index (κ2) is 11.7. The van der Waals surface area contributed by atoms with Gasteiger partial charge in [-0.15, -0.1) is 0 Å². The lowest BCUT2D eigenvalue weighted by Crippen LogP contribution is -2.08. The van der Waals surface area contributed by atoms with Crippen LogP contribution in [0.4, 0.5) is 0 Å². The summed E-state index contributed by atoms with van der Waals surface area (Å²) in [4.78, 5) is 48.9. The van der Waals surface area contributed by atoms with E-state index in [-0.39, 0.29) is 19.6 Å². The average Bonchev–Trinajstić information content (AvgIpc) is 3.46. The van der Waals surface area contributed by atoms with Crippen LogP contribution in [0.2, 0.25) is 0 Å². The Hall–Kier alpha value is -2.54. The van der Waals surface area contributed by atoms with Crippen molar-refractivity contribution < 1.29 is 38.1 Å². The molecule has 1 aromatic rings. The fourth-order valence-electron chi connectivity index (χ4n) is 2.67.